The Morgan fingerprint density at radius 2 is 1.71 bits per heavy atom. The van der Waals surface area contributed by atoms with E-state index in [0.717, 1.165) is 12.8 Å². The first-order chi connectivity index (χ1) is 10.2. The maximum Gasteiger partial charge on any atom is 0.168 e. The molecule has 3 aliphatic carbocycles. The Morgan fingerprint density at radius 3 is 2.38 bits per heavy atom. The third kappa shape index (κ3) is 1.73. The monoisotopic (exact) mass is 282 g/mol. The molecule has 21 heavy (non-hydrogen) atoms. The van der Waals surface area contributed by atoms with E-state index in [4.69, 9.17) is 4.74 Å². The number of hydrogen-bond donors (Lipinski definition) is 0. The van der Waals surface area contributed by atoms with Gasteiger partial charge in [0.1, 0.15) is 5.75 Å². The molecule has 0 heterocycles. The summed E-state index contributed by atoms with van der Waals surface area (Å²) in [7, 11) is 0. The Labute approximate surface area is 124 Å². The third-order valence-corrected chi connectivity index (χ3v) is 5.06. The van der Waals surface area contributed by atoms with Gasteiger partial charge in [0.25, 0.3) is 0 Å². The summed E-state index contributed by atoms with van der Waals surface area (Å²) >= 11 is 0. The highest BCUT2D eigenvalue weighted by molar-refractivity contribution is 6.17. The van der Waals surface area contributed by atoms with E-state index in [-0.39, 0.29) is 35.2 Å². The van der Waals surface area contributed by atoms with Crippen LogP contribution in [0.1, 0.15) is 40.5 Å². The van der Waals surface area contributed by atoms with Gasteiger partial charge in [-0.15, -0.1) is 0 Å². The first kappa shape index (κ1) is 12.8. The number of carbonyl (C=O) groups excluding carboxylic acids is 2. The second kappa shape index (κ2) is 4.55. The minimum Gasteiger partial charge on any atom is -0.494 e. The molecular formula is C18H18O3. The summed E-state index contributed by atoms with van der Waals surface area (Å²) < 4.78 is 5.60. The molecule has 1 saturated carbocycles. The van der Waals surface area contributed by atoms with Crippen LogP contribution in [0.2, 0.25) is 0 Å². The number of ketones is 2. The average Bonchev–Trinajstić information content (AvgIpc) is 3.11. The summed E-state index contributed by atoms with van der Waals surface area (Å²) in [5, 5.41) is 0. The predicted molar refractivity (Wildman–Crippen MR) is 78.6 cm³/mol. The first-order valence-electron chi connectivity index (χ1n) is 7.74. The molecule has 3 aliphatic rings. The van der Waals surface area contributed by atoms with Gasteiger partial charge in [-0.1, -0.05) is 19.1 Å². The molecular weight excluding hydrogens is 264 g/mol. The molecule has 0 radical (unpaired) electrons. The number of ether oxygens (including phenoxy) is 1. The molecule has 0 saturated heterocycles. The molecule has 108 valence electrons. The van der Waals surface area contributed by atoms with Crippen LogP contribution < -0.4 is 4.74 Å². The minimum absolute atomic E-state index is 0.123. The fourth-order valence-electron chi connectivity index (χ4n) is 4.15. The highest BCUT2D eigenvalue weighted by Gasteiger charge is 2.54. The van der Waals surface area contributed by atoms with Crippen LogP contribution in [0.25, 0.3) is 0 Å². The quantitative estimate of drug-likeness (QED) is 0.799. The number of rotatable bonds is 3. The van der Waals surface area contributed by atoms with E-state index >= 15 is 0 Å². The highest BCUT2D eigenvalue weighted by atomic mass is 16.5. The molecule has 0 spiro atoms. The van der Waals surface area contributed by atoms with Gasteiger partial charge < -0.3 is 4.74 Å². The van der Waals surface area contributed by atoms with Crippen molar-refractivity contribution in [3.63, 3.8) is 0 Å². The SMILES string of the molecule is CCCOc1ccc2c(c1)C(=O)C1C3C=CC(C3)C1C2=O. The molecule has 0 aromatic heterocycles. The molecule has 4 atom stereocenters. The van der Waals surface area contributed by atoms with Gasteiger partial charge in [0.15, 0.2) is 11.6 Å². The fraction of sp³-hybridized carbons (Fsp3) is 0.444. The van der Waals surface area contributed by atoms with E-state index in [1.807, 2.05) is 13.0 Å². The van der Waals surface area contributed by atoms with Crippen LogP contribution >= 0.6 is 0 Å². The zero-order valence-corrected chi connectivity index (χ0v) is 12.0. The smallest absolute Gasteiger partial charge is 0.168 e. The summed E-state index contributed by atoms with van der Waals surface area (Å²) in [4.78, 5) is 25.5. The molecule has 0 aliphatic heterocycles. The molecule has 1 fully saturated rings. The number of allylic oxidation sites excluding steroid dienone is 2. The Bertz CT molecular complexity index is 658. The van der Waals surface area contributed by atoms with Gasteiger partial charge in [0.05, 0.1) is 6.61 Å². The van der Waals surface area contributed by atoms with Crippen molar-refractivity contribution in [2.75, 3.05) is 6.61 Å². The molecule has 0 N–H and O–H groups in total. The van der Waals surface area contributed by atoms with Crippen molar-refractivity contribution in [1.82, 2.24) is 0 Å². The lowest BCUT2D eigenvalue weighted by molar-refractivity contribution is 0.0720. The Kier molecular flexibility index (Phi) is 2.78. The minimum atomic E-state index is -0.138. The predicted octanol–water partition coefficient (Wildman–Crippen LogP) is 3.29. The molecule has 3 nitrogen and oxygen atoms in total. The number of fused-ring (bicyclic) bond motifs is 6. The van der Waals surface area contributed by atoms with Gasteiger partial charge >= 0.3 is 0 Å². The van der Waals surface area contributed by atoms with Crippen molar-refractivity contribution in [2.24, 2.45) is 23.7 Å². The molecule has 4 unspecified atom stereocenters. The zero-order valence-electron chi connectivity index (χ0n) is 12.0. The summed E-state index contributed by atoms with van der Waals surface area (Å²) in [6.45, 7) is 2.67. The molecule has 2 bridgehead atoms. The Balaban J connectivity index is 1.75. The normalized spacial score (nSPS) is 32.2. The maximum atomic E-state index is 12.8. The average molecular weight is 282 g/mol. The lowest BCUT2D eigenvalue weighted by Crippen LogP contribution is -2.38. The van der Waals surface area contributed by atoms with Crippen LogP contribution in [0.15, 0.2) is 30.4 Å². The van der Waals surface area contributed by atoms with Crippen LogP contribution in [0, 0.1) is 23.7 Å². The van der Waals surface area contributed by atoms with Gasteiger partial charge in [-0.2, -0.15) is 0 Å². The van der Waals surface area contributed by atoms with E-state index in [0.29, 0.717) is 23.5 Å². The van der Waals surface area contributed by atoms with E-state index in [2.05, 4.69) is 12.2 Å². The number of benzene rings is 1. The van der Waals surface area contributed by atoms with E-state index in [9.17, 15) is 9.59 Å². The van der Waals surface area contributed by atoms with Crippen LogP contribution in [0.4, 0.5) is 0 Å². The number of hydrogen-bond acceptors (Lipinski definition) is 3. The van der Waals surface area contributed by atoms with Gasteiger partial charge in [0, 0.05) is 23.0 Å². The molecule has 1 aromatic carbocycles. The van der Waals surface area contributed by atoms with E-state index in [1.165, 1.54) is 0 Å². The lowest BCUT2D eigenvalue weighted by atomic mass is 9.69. The van der Waals surface area contributed by atoms with Gasteiger partial charge in [-0.25, -0.2) is 0 Å². The largest absolute Gasteiger partial charge is 0.494 e. The maximum absolute atomic E-state index is 12.8. The topological polar surface area (TPSA) is 43.4 Å². The van der Waals surface area contributed by atoms with Gasteiger partial charge in [-0.05, 0) is 42.9 Å². The lowest BCUT2D eigenvalue weighted by Gasteiger charge is -2.31. The van der Waals surface area contributed by atoms with Crippen molar-refractivity contribution in [3.05, 3.63) is 41.5 Å². The third-order valence-electron chi connectivity index (χ3n) is 5.06. The van der Waals surface area contributed by atoms with Crippen molar-refractivity contribution in [1.29, 1.82) is 0 Å². The Morgan fingerprint density at radius 1 is 1.05 bits per heavy atom. The standard InChI is InChI=1S/C18H18O3/c1-2-7-21-12-5-6-13-14(9-12)18(20)16-11-4-3-10(8-11)15(16)17(13)19/h3-6,9-11,15-16H,2,7-8H2,1H3. The van der Waals surface area contributed by atoms with Crippen molar-refractivity contribution in [3.8, 4) is 5.75 Å². The Hall–Kier alpha value is -1.90. The summed E-state index contributed by atoms with van der Waals surface area (Å²) in [6.07, 6.45) is 6.13. The zero-order chi connectivity index (χ0) is 14.6. The summed E-state index contributed by atoms with van der Waals surface area (Å²) in [5.74, 6) is 1.23. The fourth-order valence-corrected chi connectivity index (χ4v) is 4.15. The van der Waals surface area contributed by atoms with Crippen LogP contribution in [0.5, 0.6) is 5.75 Å². The van der Waals surface area contributed by atoms with Gasteiger partial charge in [0.2, 0.25) is 0 Å². The van der Waals surface area contributed by atoms with E-state index in [1.54, 1.807) is 12.1 Å². The molecule has 3 heteroatoms. The highest BCUT2D eigenvalue weighted by Crippen LogP contribution is 2.52. The van der Waals surface area contributed by atoms with Crippen molar-refractivity contribution >= 4 is 11.6 Å². The molecule has 1 aromatic rings. The van der Waals surface area contributed by atoms with Crippen molar-refractivity contribution < 1.29 is 14.3 Å². The summed E-state index contributed by atoms with van der Waals surface area (Å²) in [5.41, 5.74) is 1.15. The van der Waals surface area contributed by atoms with Gasteiger partial charge in [-0.3, -0.25) is 9.59 Å². The second-order valence-electron chi connectivity index (χ2n) is 6.28. The van der Waals surface area contributed by atoms with Crippen molar-refractivity contribution in [2.45, 2.75) is 19.8 Å². The molecule has 4 rings (SSSR count). The first-order valence-corrected chi connectivity index (χ1v) is 7.74. The molecule has 0 amide bonds. The number of Topliss-reactive ketones (excluding diaryl/α,β-unsaturated/α-hetero) is 2. The van der Waals surface area contributed by atoms with Crippen LogP contribution in [-0.2, 0) is 0 Å². The van der Waals surface area contributed by atoms with E-state index < -0.39 is 0 Å². The van der Waals surface area contributed by atoms with Crippen LogP contribution in [-0.4, -0.2) is 18.2 Å². The number of carbonyl (C=O) groups is 2. The second-order valence-corrected chi connectivity index (χ2v) is 6.28. The van der Waals surface area contributed by atoms with Crippen LogP contribution in [0.3, 0.4) is 0 Å². The summed E-state index contributed by atoms with van der Waals surface area (Å²) in [6, 6.07) is 5.34.